The molecule has 0 N–H and O–H groups in total. The Bertz CT molecular complexity index is 1400. The van der Waals surface area contributed by atoms with E-state index < -0.39 is 12.0 Å². The van der Waals surface area contributed by atoms with E-state index in [1.807, 2.05) is 73.6 Å². The number of esters is 1. The average molecular weight is 526 g/mol. The van der Waals surface area contributed by atoms with Crippen LogP contribution >= 0.6 is 27.3 Å². The van der Waals surface area contributed by atoms with E-state index in [-0.39, 0.29) is 12.2 Å². The Kier molecular flexibility index (Phi) is 6.67. The maximum atomic E-state index is 13.6. The first-order valence-electron chi connectivity index (χ1n) is 10.5. The lowest BCUT2D eigenvalue weighted by Gasteiger charge is -2.25. The van der Waals surface area contributed by atoms with Gasteiger partial charge in [0.15, 0.2) is 4.80 Å². The number of rotatable bonds is 5. The van der Waals surface area contributed by atoms with Crippen molar-refractivity contribution < 1.29 is 9.53 Å². The molecule has 0 spiro atoms. The third kappa shape index (κ3) is 4.58. The maximum absolute atomic E-state index is 13.6. The molecule has 0 aliphatic carbocycles. The molecule has 4 rings (SSSR count). The molecule has 1 aromatic heterocycles. The number of anilines is 1. The summed E-state index contributed by atoms with van der Waals surface area (Å²) < 4.78 is 8.48. The fourth-order valence-corrected chi connectivity index (χ4v) is 5.08. The first-order chi connectivity index (χ1) is 15.8. The minimum absolute atomic E-state index is 0.183. The number of aromatic nitrogens is 1. The number of carbonyl (C=O) groups is 1. The lowest BCUT2D eigenvalue weighted by Crippen LogP contribution is -2.39. The van der Waals surface area contributed by atoms with Gasteiger partial charge in [0.25, 0.3) is 5.56 Å². The normalized spacial score (nSPS) is 15.8. The summed E-state index contributed by atoms with van der Waals surface area (Å²) >= 11 is 4.75. The van der Waals surface area contributed by atoms with Gasteiger partial charge in [0.05, 0.1) is 28.5 Å². The van der Waals surface area contributed by atoms with Gasteiger partial charge in [-0.1, -0.05) is 51.5 Å². The second-order valence-corrected chi connectivity index (χ2v) is 9.76. The van der Waals surface area contributed by atoms with Gasteiger partial charge in [-0.25, -0.2) is 9.79 Å². The number of benzene rings is 2. The Hall–Kier alpha value is -2.97. The number of carbonyl (C=O) groups excluding carboxylic acids is 1. The molecule has 1 aliphatic heterocycles. The van der Waals surface area contributed by atoms with E-state index in [0.29, 0.717) is 20.6 Å². The molecule has 0 bridgehead atoms. The molecular formula is C25H24BrN3O3S. The van der Waals surface area contributed by atoms with Crippen molar-refractivity contribution in [1.29, 1.82) is 0 Å². The summed E-state index contributed by atoms with van der Waals surface area (Å²) in [6, 6.07) is 15.0. The highest BCUT2D eigenvalue weighted by Crippen LogP contribution is 2.31. The molecule has 170 valence electrons. The molecule has 0 saturated carbocycles. The first kappa shape index (κ1) is 23.2. The van der Waals surface area contributed by atoms with Gasteiger partial charge in [-0.05, 0) is 55.3 Å². The van der Waals surface area contributed by atoms with Crippen LogP contribution in [0.2, 0.25) is 0 Å². The largest absolute Gasteiger partial charge is 0.463 e. The van der Waals surface area contributed by atoms with Crippen molar-refractivity contribution in [1.82, 2.24) is 4.57 Å². The van der Waals surface area contributed by atoms with Gasteiger partial charge in [-0.15, -0.1) is 0 Å². The Morgan fingerprint density at radius 2 is 1.85 bits per heavy atom. The van der Waals surface area contributed by atoms with Crippen molar-refractivity contribution >= 4 is 45.0 Å². The van der Waals surface area contributed by atoms with Gasteiger partial charge >= 0.3 is 5.97 Å². The highest BCUT2D eigenvalue weighted by Gasteiger charge is 2.33. The third-order valence-corrected chi connectivity index (χ3v) is 6.92. The van der Waals surface area contributed by atoms with E-state index in [9.17, 15) is 9.59 Å². The molecule has 8 heteroatoms. The predicted octanol–water partition coefficient (Wildman–Crippen LogP) is 3.63. The number of fused-ring (bicyclic) bond motifs is 1. The quantitative estimate of drug-likeness (QED) is 0.477. The van der Waals surface area contributed by atoms with Crippen LogP contribution in [0.25, 0.3) is 6.08 Å². The van der Waals surface area contributed by atoms with E-state index in [2.05, 4.69) is 20.9 Å². The monoisotopic (exact) mass is 525 g/mol. The van der Waals surface area contributed by atoms with E-state index in [0.717, 1.165) is 21.3 Å². The van der Waals surface area contributed by atoms with Gasteiger partial charge < -0.3 is 9.64 Å². The van der Waals surface area contributed by atoms with Crippen molar-refractivity contribution in [3.63, 3.8) is 0 Å². The summed E-state index contributed by atoms with van der Waals surface area (Å²) in [5, 5.41) is 0. The van der Waals surface area contributed by atoms with Crippen molar-refractivity contribution in [3.05, 3.63) is 95.1 Å². The molecule has 0 saturated heterocycles. The molecule has 1 aliphatic rings. The molecule has 33 heavy (non-hydrogen) atoms. The van der Waals surface area contributed by atoms with Crippen molar-refractivity contribution in [3.8, 4) is 0 Å². The van der Waals surface area contributed by atoms with Gasteiger partial charge in [0.2, 0.25) is 0 Å². The molecule has 2 aromatic carbocycles. The topological polar surface area (TPSA) is 63.9 Å². The zero-order valence-corrected chi connectivity index (χ0v) is 21.2. The maximum Gasteiger partial charge on any atom is 0.338 e. The van der Waals surface area contributed by atoms with Gasteiger partial charge in [0, 0.05) is 24.3 Å². The smallest absolute Gasteiger partial charge is 0.338 e. The number of halogens is 1. The second kappa shape index (κ2) is 9.49. The first-order valence-corrected chi connectivity index (χ1v) is 12.1. The molecule has 2 heterocycles. The molecular weight excluding hydrogens is 502 g/mol. The number of ether oxygens (including phenoxy) is 1. The lowest BCUT2D eigenvalue weighted by atomic mass is 9.95. The Balaban J connectivity index is 1.92. The van der Waals surface area contributed by atoms with E-state index in [1.54, 1.807) is 18.4 Å². The number of thiazole rings is 1. The number of hydrogen-bond acceptors (Lipinski definition) is 6. The van der Waals surface area contributed by atoms with Crippen LogP contribution in [0.1, 0.15) is 31.0 Å². The van der Waals surface area contributed by atoms with Crippen molar-refractivity contribution in [2.75, 3.05) is 25.6 Å². The average Bonchev–Trinajstić information content (AvgIpc) is 3.09. The van der Waals surface area contributed by atoms with Crippen LogP contribution in [0.15, 0.2) is 74.1 Å². The summed E-state index contributed by atoms with van der Waals surface area (Å²) in [5.41, 5.74) is 3.53. The molecule has 1 unspecified atom stereocenters. The van der Waals surface area contributed by atoms with Gasteiger partial charge in [-0.3, -0.25) is 9.36 Å². The summed E-state index contributed by atoms with van der Waals surface area (Å²) in [5.74, 6) is -0.456. The van der Waals surface area contributed by atoms with Crippen molar-refractivity contribution in [2.45, 2.75) is 19.9 Å². The minimum Gasteiger partial charge on any atom is -0.463 e. The predicted molar refractivity (Wildman–Crippen MR) is 135 cm³/mol. The zero-order valence-electron chi connectivity index (χ0n) is 18.8. The van der Waals surface area contributed by atoms with Crippen LogP contribution in [-0.4, -0.2) is 31.2 Å². The SMILES string of the molecule is CCOC(=O)C1=C(C)N=c2s/c(=C\c3ccc(Br)cc3)c(=O)n2C1c1ccc(N(C)C)cc1. The Morgan fingerprint density at radius 1 is 1.18 bits per heavy atom. The van der Waals surface area contributed by atoms with Crippen LogP contribution in [-0.2, 0) is 9.53 Å². The number of allylic oxidation sites excluding steroid dienone is 1. The standard InChI is InChI=1S/C25H24BrN3O3S/c1-5-32-24(31)21-15(2)27-25-29(22(21)17-8-12-19(13-9-17)28(3)4)23(30)20(33-25)14-16-6-10-18(26)11-7-16/h6-14,22H,5H2,1-4H3/b20-14-. The summed E-state index contributed by atoms with van der Waals surface area (Å²) in [6.07, 6.45) is 1.85. The summed E-state index contributed by atoms with van der Waals surface area (Å²) in [7, 11) is 3.93. The summed E-state index contributed by atoms with van der Waals surface area (Å²) in [6.45, 7) is 3.80. The number of nitrogens with zero attached hydrogens (tertiary/aromatic N) is 3. The molecule has 3 aromatic rings. The minimum atomic E-state index is -0.608. The zero-order chi connectivity index (χ0) is 23.7. The van der Waals surface area contributed by atoms with Crippen LogP contribution in [0.5, 0.6) is 0 Å². The van der Waals surface area contributed by atoms with Crippen LogP contribution < -0.4 is 19.8 Å². The van der Waals surface area contributed by atoms with Crippen LogP contribution in [0.3, 0.4) is 0 Å². The molecule has 6 nitrogen and oxygen atoms in total. The third-order valence-electron chi connectivity index (χ3n) is 5.41. The Labute approximate surface area is 204 Å². The van der Waals surface area contributed by atoms with E-state index in [4.69, 9.17) is 4.74 Å². The highest BCUT2D eigenvalue weighted by molar-refractivity contribution is 9.10. The fourth-order valence-electron chi connectivity index (χ4n) is 3.77. The second-order valence-electron chi connectivity index (χ2n) is 7.84. The van der Waals surface area contributed by atoms with E-state index in [1.165, 1.54) is 11.3 Å². The van der Waals surface area contributed by atoms with Gasteiger partial charge in [0.1, 0.15) is 0 Å². The van der Waals surface area contributed by atoms with Crippen LogP contribution in [0, 0.1) is 0 Å². The molecule has 0 fully saturated rings. The lowest BCUT2D eigenvalue weighted by molar-refractivity contribution is -0.139. The van der Waals surface area contributed by atoms with Gasteiger partial charge in [-0.2, -0.15) is 0 Å². The van der Waals surface area contributed by atoms with Crippen molar-refractivity contribution in [2.24, 2.45) is 4.99 Å². The summed E-state index contributed by atoms with van der Waals surface area (Å²) in [4.78, 5) is 33.7. The Morgan fingerprint density at radius 3 is 2.45 bits per heavy atom. The van der Waals surface area contributed by atoms with Crippen LogP contribution in [0.4, 0.5) is 5.69 Å². The molecule has 0 radical (unpaired) electrons. The molecule has 0 amide bonds. The highest BCUT2D eigenvalue weighted by atomic mass is 79.9. The fraction of sp³-hybridized carbons (Fsp3) is 0.240. The number of hydrogen-bond donors (Lipinski definition) is 0. The van der Waals surface area contributed by atoms with E-state index >= 15 is 0 Å². The molecule has 1 atom stereocenters.